The van der Waals surface area contributed by atoms with Crippen molar-refractivity contribution in [3.63, 3.8) is 0 Å². The molecule has 3 aromatic rings. The molecule has 26 heavy (non-hydrogen) atoms. The number of imidazole rings is 1. The monoisotopic (exact) mass is 390 g/mol. The van der Waals surface area contributed by atoms with Crippen molar-refractivity contribution in [1.29, 1.82) is 0 Å². The van der Waals surface area contributed by atoms with Crippen molar-refractivity contribution >= 4 is 40.4 Å². The van der Waals surface area contributed by atoms with Crippen LogP contribution in [0, 0.1) is 0 Å². The lowest BCUT2D eigenvalue weighted by Gasteiger charge is -2.17. The number of pyridine rings is 1. The van der Waals surface area contributed by atoms with Crippen LogP contribution in [-0.2, 0) is 11.3 Å². The summed E-state index contributed by atoms with van der Waals surface area (Å²) in [5.41, 5.74) is 2.40. The van der Waals surface area contributed by atoms with Gasteiger partial charge in [0, 0.05) is 19.8 Å². The van der Waals surface area contributed by atoms with Crippen LogP contribution in [0.2, 0.25) is 5.02 Å². The Morgan fingerprint density at radius 3 is 2.85 bits per heavy atom. The van der Waals surface area contributed by atoms with Crippen LogP contribution in [0.15, 0.2) is 41.7 Å². The standard InChI is InChI=1S/C18H19ClN4O2S/c1-3-25-14-6-4-12(5-7-14)10-23(2)16(24)11-26-18-21-15-8-13(19)9-20-17(15)22-18/h4-9H,3,10-11H2,1-2H3,(H,20,21,22). The number of amides is 1. The summed E-state index contributed by atoms with van der Waals surface area (Å²) in [5, 5.41) is 1.20. The van der Waals surface area contributed by atoms with Gasteiger partial charge in [0.25, 0.3) is 0 Å². The Kier molecular flexibility index (Phi) is 6.00. The molecular formula is C18H19ClN4O2S. The van der Waals surface area contributed by atoms with Gasteiger partial charge in [0.1, 0.15) is 5.75 Å². The molecule has 0 saturated heterocycles. The van der Waals surface area contributed by atoms with Gasteiger partial charge in [-0.25, -0.2) is 9.97 Å². The lowest BCUT2D eigenvalue weighted by atomic mass is 10.2. The molecule has 0 aliphatic carbocycles. The van der Waals surface area contributed by atoms with Crippen LogP contribution in [0.3, 0.4) is 0 Å². The maximum absolute atomic E-state index is 12.4. The molecule has 0 fully saturated rings. The molecule has 1 N–H and O–H groups in total. The van der Waals surface area contributed by atoms with E-state index < -0.39 is 0 Å². The number of aromatic nitrogens is 3. The van der Waals surface area contributed by atoms with E-state index in [0.29, 0.717) is 34.7 Å². The van der Waals surface area contributed by atoms with Gasteiger partial charge in [0.15, 0.2) is 10.8 Å². The van der Waals surface area contributed by atoms with Crippen LogP contribution in [0.5, 0.6) is 5.75 Å². The average molecular weight is 391 g/mol. The fraction of sp³-hybridized carbons (Fsp3) is 0.278. The highest BCUT2D eigenvalue weighted by Gasteiger charge is 2.12. The van der Waals surface area contributed by atoms with Gasteiger partial charge in [-0.15, -0.1) is 0 Å². The van der Waals surface area contributed by atoms with E-state index in [9.17, 15) is 4.79 Å². The Morgan fingerprint density at radius 1 is 1.35 bits per heavy atom. The molecule has 0 radical (unpaired) electrons. The van der Waals surface area contributed by atoms with Crippen molar-refractivity contribution in [1.82, 2.24) is 19.9 Å². The van der Waals surface area contributed by atoms with Gasteiger partial charge in [-0.05, 0) is 30.7 Å². The van der Waals surface area contributed by atoms with E-state index in [1.807, 2.05) is 31.2 Å². The number of ether oxygens (including phenoxy) is 1. The predicted octanol–water partition coefficient (Wildman–Crippen LogP) is 3.76. The molecule has 1 amide bonds. The molecule has 0 aliphatic rings. The minimum absolute atomic E-state index is 0.0235. The lowest BCUT2D eigenvalue weighted by molar-refractivity contribution is -0.127. The predicted molar refractivity (Wildman–Crippen MR) is 104 cm³/mol. The normalized spacial score (nSPS) is 10.9. The number of carbonyl (C=O) groups is 1. The first kappa shape index (κ1) is 18.5. The second kappa shape index (κ2) is 8.42. The summed E-state index contributed by atoms with van der Waals surface area (Å²) in [6.07, 6.45) is 1.55. The summed E-state index contributed by atoms with van der Waals surface area (Å²) in [6, 6.07) is 9.53. The zero-order valence-corrected chi connectivity index (χ0v) is 16.1. The van der Waals surface area contributed by atoms with Crippen LogP contribution in [0.1, 0.15) is 12.5 Å². The Hall–Kier alpha value is -2.25. The second-order valence-electron chi connectivity index (χ2n) is 5.68. The number of thioether (sulfide) groups is 1. The first-order valence-corrected chi connectivity index (χ1v) is 9.51. The van der Waals surface area contributed by atoms with Crippen molar-refractivity contribution in [2.24, 2.45) is 0 Å². The van der Waals surface area contributed by atoms with E-state index in [4.69, 9.17) is 16.3 Å². The number of hydrogen-bond donors (Lipinski definition) is 1. The number of rotatable bonds is 7. The molecule has 3 rings (SSSR count). The maximum Gasteiger partial charge on any atom is 0.233 e. The number of nitrogens with zero attached hydrogens (tertiary/aromatic N) is 3. The Balaban J connectivity index is 1.54. The molecule has 0 atom stereocenters. The number of nitrogens with one attached hydrogen (secondary N) is 1. The van der Waals surface area contributed by atoms with E-state index >= 15 is 0 Å². The molecule has 2 aromatic heterocycles. The zero-order chi connectivity index (χ0) is 18.5. The van der Waals surface area contributed by atoms with Crippen LogP contribution in [0.25, 0.3) is 11.2 Å². The van der Waals surface area contributed by atoms with Crippen molar-refractivity contribution in [3.8, 4) is 5.75 Å². The van der Waals surface area contributed by atoms with Gasteiger partial charge in [0.05, 0.1) is 22.9 Å². The minimum Gasteiger partial charge on any atom is -0.494 e. The van der Waals surface area contributed by atoms with E-state index in [2.05, 4.69) is 15.0 Å². The minimum atomic E-state index is 0.0235. The molecule has 0 aliphatic heterocycles. The summed E-state index contributed by atoms with van der Waals surface area (Å²) in [4.78, 5) is 25.7. The first-order chi connectivity index (χ1) is 12.5. The molecule has 2 heterocycles. The maximum atomic E-state index is 12.4. The van der Waals surface area contributed by atoms with Crippen LogP contribution >= 0.6 is 23.4 Å². The van der Waals surface area contributed by atoms with Crippen molar-refractivity contribution in [2.75, 3.05) is 19.4 Å². The number of fused-ring (bicyclic) bond motifs is 1. The van der Waals surface area contributed by atoms with Crippen LogP contribution in [-0.4, -0.2) is 45.2 Å². The van der Waals surface area contributed by atoms with E-state index in [0.717, 1.165) is 16.8 Å². The van der Waals surface area contributed by atoms with Gasteiger partial charge in [-0.1, -0.05) is 35.5 Å². The highest BCUT2D eigenvalue weighted by atomic mass is 35.5. The van der Waals surface area contributed by atoms with Gasteiger partial charge < -0.3 is 14.6 Å². The smallest absolute Gasteiger partial charge is 0.233 e. The molecular weight excluding hydrogens is 372 g/mol. The van der Waals surface area contributed by atoms with E-state index in [1.165, 1.54) is 11.8 Å². The Bertz CT molecular complexity index is 898. The van der Waals surface area contributed by atoms with Gasteiger partial charge in [-0.2, -0.15) is 0 Å². The number of carbonyl (C=O) groups excluding carboxylic acids is 1. The number of aromatic amines is 1. The number of benzene rings is 1. The number of halogens is 1. The molecule has 0 bridgehead atoms. The fourth-order valence-electron chi connectivity index (χ4n) is 2.38. The highest BCUT2D eigenvalue weighted by Crippen LogP contribution is 2.21. The summed E-state index contributed by atoms with van der Waals surface area (Å²) in [5.74, 6) is 1.15. The summed E-state index contributed by atoms with van der Waals surface area (Å²) < 4.78 is 5.43. The largest absolute Gasteiger partial charge is 0.494 e. The highest BCUT2D eigenvalue weighted by molar-refractivity contribution is 7.99. The van der Waals surface area contributed by atoms with Gasteiger partial charge in [-0.3, -0.25) is 4.79 Å². The quantitative estimate of drug-likeness (QED) is 0.622. The van der Waals surface area contributed by atoms with Crippen molar-refractivity contribution in [3.05, 3.63) is 47.1 Å². The fourth-order valence-corrected chi connectivity index (χ4v) is 3.35. The number of H-pyrrole nitrogens is 1. The topological polar surface area (TPSA) is 71.1 Å². The van der Waals surface area contributed by atoms with Gasteiger partial charge in [0.2, 0.25) is 5.91 Å². The third-order valence-electron chi connectivity index (χ3n) is 3.69. The van der Waals surface area contributed by atoms with Crippen molar-refractivity contribution < 1.29 is 9.53 Å². The Labute approximate surface area is 160 Å². The third-order valence-corrected chi connectivity index (χ3v) is 4.76. The molecule has 0 saturated carbocycles. The van der Waals surface area contributed by atoms with Gasteiger partial charge >= 0.3 is 0 Å². The molecule has 136 valence electrons. The lowest BCUT2D eigenvalue weighted by Crippen LogP contribution is -2.27. The summed E-state index contributed by atoms with van der Waals surface area (Å²) in [6.45, 7) is 3.13. The first-order valence-electron chi connectivity index (χ1n) is 8.15. The van der Waals surface area contributed by atoms with Crippen LogP contribution in [0.4, 0.5) is 0 Å². The molecule has 8 heteroatoms. The third kappa shape index (κ3) is 4.68. The van der Waals surface area contributed by atoms with Crippen LogP contribution < -0.4 is 4.74 Å². The summed E-state index contributed by atoms with van der Waals surface area (Å²) in [7, 11) is 1.79. The average Bonchev–Trinajstić information content (AvgIpc) is 3.03. The molecule has 0 spiro atoms. The molecule has 1 aromatic carbocycles. The summed E-state index contributed by atoms with van der Waals surface area (Å²) >= 11 is 7.26. The molecule has 0 unspecified atom stereocenters. The second-order valence-corrected chi connectivity index (χ2v) is 7.08. The zero-order valence-electron chi connectivity index (χ0n) is 14.5. The Morgan fingerprint density at radius 2 is 2.12 bits per heavy atom. The van der Waals surface area contributed by atoms with Crippen molar-refractivity contribution in [2.45, 2.75) is 18.6 Å². The van der Waals surface area contributed by atoms with E-state index in [1.54, 1.807) is 24.2 Å². The SMILES string of the molecule is CCOc1ccc(CN(C)C(=O)CSc2nc3ncc(Cl)cc3[nH]2)cc1. The van der Waals surface area contributed by atoms with E-state index in [-0.39, 0.29) is 5.91 Å². The molecule has 6 nitrogen and oxygen atoms in total. The number of hydrogen-bond acceptors (Lipinski definition) is 5.